The Morgan fingerprint density at radius 3 is 2.12 bits per heavy atom. The lowest BCUT2D eigenvalue weighted by Crippen LogP contribution is -2.36. The molecule has 4 rings (SSSR count). The third-order valence-corrected chi connectivity index (χ3v) is 5.24. The van der Waals surface area contributed by atoms with Crippen molar-refractivity contribution in [2.24, 2.45) is 0 Å². The van der Waals surface area contributed by atoms with Crippen LogP contribution in [0, 0.1) is 0 Å². The SMILES string of the molecule is COc1ccc(OCCN2C(=O)C(Nc3ccccc3OC)=C(c3ccccc3)C2=O)cc1. The van der Waals surface area contributed by atoms with E-state index in [2.05, 4.69) is 5.32 Å². The maximum atomic E-state index is 13.3. The lowest BCUT2D eigenvalue weighted by atomic mass is 10.0. The molecule has 3 aromatic carbocycles. The molecule has 2 amide bonds. The van der Waals surface area contributed by atoms with Crippen molar-refractivity contribution >= 4 is 23.1 Å². The fraction of sp³-hybridized carbons (Fsp3) is 0.154. The first-order valence-electron chi connectivity index (χ1n) is 10.4. The molecule has 1 aliphatic heterocycles. The lowest BCUT2D eigenvalue weighted by molar-refractivity contribution is -0.137. The minimum Gasteiger partial charge on any atom is -0.497 e. The Morgan fingerprint density at radius 2 is 1.42 bits per heavy atom. The average Bonchev–Trinajstić information content (AvgIpc) is 3.09. The van der Waals surface area contributed by atoms with Crippen LogP contribution in [0.2, 0.25) is 0 Å². The van der Waals surface area contributed by atoms with Crippen molar-refractivity contribution < 1.29 is 23.8 Å². The second kappa shape index (κ2) is 9.91. The van der Waals surface area contributed by atoms with Gasteiger partial charge in [0.05, 0.1) is 32.0 Å². The number of nitrogens with zero attached hydrogens (tertiary/aromatic N) is 1. The van der Waals surface area contributed by atoms with Gasteiger partial charge in [0, 0.05) is 0 Å². The van der Waals surface area contributed by atoms with E-state index in [0.717, 1.165) is 5.75 Å². The van der Waals surface area contributed by atoms with Gasteiger partial charge in [-0.15, -0.1) is 0 Å². The summed E-state index contributed by atoms with van der Waals surface area (Å²) in [6, 6.07) is 23.5. The van der Waals surface area contributed by atoms with Crippen LogP contribution in [0.15, 0.2) is 84.6 Å². The molecule has 0 saturated heterocycles. The van der Waals surface area contributed by atoms with E-state index in [1.54, 1.807) is 50.6 Å². The smallest absolute Gasteiger partial charge is 0.278 e. The third kappa shape index (κ3) is 4.67. The van der Waals surface area contributed by atoms with Crippen molar-refractivity contribution in [3.05, 3.63) is 90.1 Å². The molecule has 7 heteroatoms. The molecule has 0 saturated carbocycles. The number of hydrogen-bond acceptors (Lipinski definition) is 6. The Balaban J connectivity index is 1.56. The zero-order valence-corrected chi connectivity index (χ0v) is 18.4. The Hall–Kier alpha value is -4.26. The quantitative estimate of drug-likeness (QED) is 0.503. The van der Waals surface area contributed by atoms with Gasteiger partial charge in [0.25, 0.3) is 11.8 Å². The second-order valence-corrected chi connectivity index (χ2v) is 7.23. The Labute approximate surface area is 192 Å². The summed E-state index contributed by atoms with van der Waals surface area (Å²) in [6.07, 6.45) is 0. The van der Waals surface area contributed by atoms with Crippen LogP contribution >= 0.6 is 0 Å². The van der Waals surface area contributed by atoms with Crippen molar-refractivity contribution in [3.63, 3.8) is 0 Å². The van der Waals surface area contributed by atoms with Gasteiger partial charge in [-0.25, -0.2) is 0 Å². The summed E-state index contributed by atoms with van der Waals surface area (Å²) in [5.74, 6) is 1.12. The molecule has 3 aromatic rings. The van der Waals surface area contributed by atoms with Crippen molar-refractivity contribution in [1.29, 1.82) is 0 Å². The van der Waals surface area contributed by atoms with E-state index in [9.17, 15) is 9.59 Å². The maximum absolute atomic E-state index is 13.3. The number of rotatable bonds is 9. The highest BCUT2D eigenvalue weighted by Crippen LogP contribution is 2.33. The molecule has 1 N–H and O–H groups in total. The lowest BCUT2D eigenvalue weighted by Gasteiger charge is -2.16. The molecule has 7 nitrogen and oxygen atoms in total. The molecule has 0 radical (unpaired) electrons. The van der Waals surface area contributed by atoms with Crippen LogP contribution in [-0.2, 0) is 9.59 Å². The maximum Gasteiger partial charge on any atom is 0.278 e. The van der Waals surface area contributed by atoms with Crippen LogP contribution in [0.3, 0.4) is 0 Å². The molecule has 0 fully saturated rings. The van der Waals surface area contributed by atoms with Gasteiger partial charge in [0.15, 0.2) is 0 Å². The Bertz CT molecular complexity index is 1170. The van der Waals surface area contributed by atoms with Crippen molar-refractivity contribution in [1.82, 2.24) is 4.90 Å². The minimum atomic E-state index is -0.414. The third-order valence-electron chi connectivity index (χ3n) is 5.24. The number of para-hydroxylation sites is 2. The highest BCUT2D eigenvalue weighted by atomic mass is 16.5. The summed E-state index contributed by atoms with van der Waals surface area (Å²) in [4.78, 5) is 27.8. The molecule has 1 aliphatic rings. The van der Waals surface area contributed by atoms with Crippen LogP contribution in [0.25, 0.3) is 5.57 Å². The average molecular weight is 444 g/mol. The van der Waals surface area contributed by atoms with Gasteiger partial charge in [-0.1, -0.05) is 42.5 Å². The van der Waals surface area contributed by atoms with E-state index in [4.69, 9.17) is 14.2 Å². The zero-order valence-electron chi connectivity index (χ0n) is 18.4. The van der Waals surface area contributed by atoms with Gasteiger partial charge in [-0.2, -0.15) is 0 Å². The zero-order chi connectivity index (χ0) is 23.2. The van der Waals surface area contributed by atoms with Gasteiger partial charge in [0.2, 0.25) is 0 Å². The topological polar surface area (TPSA) is 77.1 Å². The molecule has 168 valence electrons. The van der Waals surface area contributed by atoms with E-state index in [-0.39, 0.29) is 24.8 Å². The Kier molecular flexibility index (Phi) is 6.59. The number of hydrogen-bond donors (Lipinski definition) is 1. The molecule has 0 atom stereocenters. The molecule has 0 bridgehead atoms. The van der Waals surface area contributed by atoms with Crippen LogP contribution in [0.4, 0.5) is 5.69 Å². The van der Waals surface area contributed by atoms with Crippen LogP contribution in [-0.4, -0.2) is 44.1 Å². The van der Waals surface area contributed by atoms with Crippen LogP contribution in [0.5, 0.6) is 17.2 Å². The molecular formula is C26H24N2O5. The van der Waals surface area contributed by atoms with Gasteiger partial charge in [0.1, 0.15) is 29.6 Å². The molecular weight excluding hydrogens is 420 g/mol. The Morgan fingerprint density at radius 1 is 0.758 bits per heavy atom. The number of anilines is 1. The molecule has 1 heterocycles. The molecule has 0 aliphatic carbocycles. The number of carbonyl (C=O) groups excluding carboxylic acids is 2. The summed E-state index contributed by atoms with van der Waals surface area (Å²) >= 11 is 0. The van der Waals surface area contributed by atoms with Gasteiger partial charge in [-0.05, 0) is 42.0 Å². The van der Waals surface area contributed by atoms with Gasteiger partial charge in [-0.3, -0.25) is 14.5 Å². The first kappa shape index (κ1) is 22.0. The highest BCUT2D eigenvalue weighted by molar-refractivity contribution is 6.36. The predicted molar refractivity (Wildman–Crippen MR) is 125 cm³/mol. The summed E-state index contributed by atoms with van der Waals surface area (Å²) in [6.45, 7) is 0.269. The van der Waals surface area contributed by atoms with Gasteiger partial charge < -0.3 is 19.5 Å². The van der Waals surface area contributed by atoms with Crippen LogP contribution in [0.1, 0.15) is 5.56 Å². The van der Waals surface area contributed by atoms with Crippen molar-refractivity contribution in [2.45, 2.75) is 0 Å². The van der Waals surface area contributed by atoms with E-state index < -0.39 is 5.91 Å². The second-order valence-electron chi connectivity index (χ2n) is 7.23. The first-order chi connectivity index (χ1) is 16.1. The standard InChI is InChI=1S/C26H24N2O5/c1-31-19-12-14-20(15-13-19)33-17-16-28-25(29)23(18-8-4-3-5-9-18)24(26(28)30)27-21-10-6-7-11-22(21)32-2/h3-15,27H,16-17H2,1-2H3. The molecule has 0 unspecified atom stereocenters. The van der Waals surface area contributed by atoms with E-state index in [0.29, 0.717) is 28.3 Å². The number of methoxy groups -OCH3 is 2. The highest BCUT2D eigenvalue weighted by Gasteiger charge is 2.39. The molecule has 33 heavy (non-hydrogen) atoms. The molecule has 0 spiro atoms. The summed E-state index contributed by atoms with van der Waals surface area (Å²) in [5.41, 5.74) is 1.78. The van der Waals surface area contributed by atoms with Crippen LogP contribution < -0.4 is 19.5 Å². The fourth-order valence-electron chi connectivity index (χ4n) is 3.58. The fourth-order valence-corrected chi connectivity index (χ4v) is 3.58. The van der Waals surface area contributed by atoms with Gasteiger partial charge >= 0.3 is 0 Å². The summed E-state index contributed by atoms with van der Waals surface area (Å²) in [7, 11) is 3.14. The largest absolute Gasteiger partial charge is 0.497 e. The number of imide groups is 1. The number of ether oxygens (including phenoxy) is 3. The van der Waals surface area contributed by atoms with E-state index in [1.807, 2.05) is 42.5 Å². The summed E-state index contributed by atoms with van der Waals surface area (Å²) in [5, 5.41) is 3.13. The first-order valence-corrected chi connectivity index (χ1v) is 10.4. The van der Waals surface area contributed by atoms with E-state index >= 15 is 0 Å². The monoisotopic (exact) mass is 444 g/mol. The minimum absolute atomic E-state index is 0.108. The molecule has 0 aromatic heterocycles. The summed E-state index contributed by atoms with van der Waals surface area (Å²) < 4.78 is 16.3. The predicted octanol–water partition coefficient (Wildman–Crippen LogP) is 3.97. The van der Waals surface area contributed by atoms with E-state index in [1.165, 1.54) is 4.90 Å². The van der Waals surface area contributed by atoms with Crippen molar-refractivity contribution in [3.8, 4) is 17.2 Å². The number of nitrogens with one attached hydrogen (secondary N) is 1. The normalized spacial score (nSPS) is 13.3. The van der Waals surface area contributed by atoms with Crippen molar-refractivity contribution in [2.75, 3.05) is 32.7 Å². The number of carbonyl (C=O) groups is 2. The number of amides is 2. The number of benzene rings is 3.